The quantitative estimate of drug-likeness (QED) is 0.756. The summed E-state index contributed by atoms with van der Waals surface area (Å²) in [6.45, 7) is 5.74. The van der Waals surface area contributed by atoms with Gasteiger partial charge in [-0.1, -0.05) is 0 Å². The third-order valence-corrected chi connectivity index (χ3v) is 6.87. The number of carbonyl (C=O) groups excluding carboxylic acids is 2. The fraction of sp³-hybridized carbons (Fsp3) is 0.667. The Kier molecular flexibility index (Phi) is 6.73. The van der Waals surface area contributed by atoms with Crippen molar-refractivity contribution in [3.63, 3.8) is 0 Å². The molecule has 5 heteroatoms. The van der Waals surface area contributed by atoms with Gasteiger partial charge in [0.1, 0.15) is 0 Å². The van der Waals surface area contributed by atoms with E-state index < -0.39 is 0 Å². The minimum Gasteiger partial charge on any atom is -0.372 e. The molecule has 3 aliphatic rings. The van der Waals surface area contributed by atoms with Gasteiger partial charge in [-0.3, -0.25) is 9.59 Å². The van der Waals surface area contributed by atoms with Gasteiger partial charge in [-0.25, -0.2) is 0 Å². The summed E-state index contributed by atoms with van der Waals surface area (Å²) in [5.74, 6) is 0.900. The van der Waals surface area contributed by atoms with Crippen LogP contribution in [0.5, 0.6) is 0 Å². The van der Waals surface area contributed by atoms with E-state index in [1.54, 1.807) is 0 Å². The predicted octanol–water partition coefficient (Wildman–Crippen LogP) is 3.93. The number of likely N-dealkylation sites (tertiary alicyclic amines) is 2. The lowest BCUT2D eigenvalue weighted by Crippen LogP contribution is -2.40. The van der Waals surface area contributed by atoms with Crippen molar-refractivity contribution in [3.05, 3.63) is 29.8 Å². The molecule has 3 fully saturated rings. The molecule has 1 aromatic rings. The number of carbonyl (C=O) groups is 2. The molecular formula is C24H35N3O2. The van der Waals surface area contributed by atoms with Crippen molar-refractivity contribution in [3.8, 4) is 0 Å². The molecule has 158 valence electrons. The van der Waals surface area contributed by atoms with E-state index in [9.17, 15) is 9.59 Å². The molecule has 0 spiro atoms. The van der Waals surface area contributed by atoms with Gasteiger partial charge in [-0.2, -0.15) is 0 Å². The van der Waals surface area contributed by atoms with E-state index in [-0.39, 0.29) is 5.91 Å². The van der Waals surface area contributed by atoms with Gasteiger partial charge in [-0.05, 0) is 81.5 Å². The molecule has 1 atom stereocenters. The second kappa shape index (κ2) is 9.64. The van der Waals surface area contributed by atoms with Crippen LogP contribution in [0.3, 0.4) is 0 Å². The average molecular weight is 398 g/mol. The number of benzene rings is 1. The van der Waals surface area contributed by atoms with Gasteiger partial charge in [0.15, 0.2) is 0 Å². The second-order valence-corrected chi connectivity index (χ2v) is 8.98. The van der Waals surface area contributed by atoms with Crippen molar-refractivity contribution in [1.82, 2.24) is 9.80 Å². The zero-order valence-electron chi connectivity index (χ0n) is 17.7. The summed E-state index contributed by atoms with van der Waals surface area (Å²) < 4.78 is 0. The molecule has 3 saturated heterocycles. The zero-order chi connectivity index (χ0) is 20.1. The van der Waals surface area contributed by atoms with Crippen LogP contribution in [0.1, 0.15) is 68.1 Å². The number of piperidine rings is 2. The Morgan fingerprint density at radius 3 is 2.17 bits per heavy atom. The highest BCUT2D eigenvalue weighted by atomic mass is 16.2. The Hall–Kier alpha value is -2.04. The van der Waals surface area contributed by atoms with Crippen LogP contribution in [0.4, 0.5) is 5.69 Å². The van der Waals surface area contributed by atoms with Crippen LogP contribution in [-0.2, 0) is 4.79 Å². The fourth-order valence-corrected chi connectivity index (χ4v) is 5.09. The smallest absolute Gasteiger partial charge is 0.253 e. The van der Waals surface area contributed by atoms with Crippen LogP contribution in [-0.4, -0.2) is 60.9 Å². The lowest BCUT2D eigenvalue weighted by molar-refractivity contribution is -0.130. The minimum absolute atomic E-state index is 0.144. The first-order valence-electron chi connectivity index (χ1n) is 11.6. The number of amides is 2. The third-order valence-electron chi connectivity index (χ3n) is 6.87. The van der Waals surface area contributed by atoms with Crippen LogP contribution in [0.25, 0.3) is 0 Å². The summed E-state index contributed by atoms with van der Waals surface area (Å²) in [7, 11) is 0. The lowest BCUT2D eigenvalue weighted by atomic mass is 9.92. The molecule has 29 heavy (non-hydrogen) atoms. The summed E-state index contributed by atoms with van der Waals surface area (Å²) in [5.41, 5.74) is 2.03. The minimum atomic E-state index is 0.144. The summed E-state index contributed by atoms with van der Waals surface area (Å²) in [5, 5.41) is 0. The van der Waals surface area contributed by atoms with Gasteiger partial charge in [0.2, 0.25) is 5.91 Å². The highest BCUT2D eigenvalue weighted by Crippen LogP contribution is 2.25. The topological polar surface area (TPSA) is 43.9 Å². The Morgan fingerprint density at radius 1 is 0.793 bits per heavy atom. The average Bonchev–Trinajstić information content (AvgIpc) is 3.33. The Morgan fingerprint density at radius 2 is 1.45 bits per heavy atom. The molecule has 0 bridgehead atoms. The molecule has 0 radical (unpaired) electrons. The van der Waals surface area contributed by atoms with Crippen molar-refractivity contribution >= 4 is 17.5 Å². The number of nitrogens with zero attached hydrogens (tertiary/aromatic N) is 3. The molecule has 2 amide bonds. The molecule has 1 aromatic carbocycles. The molecule has 4 rings (SSSR count). The maximum Gasteiger partial charge on any atom is 0.253 e. The summed E-state index contributed by atoms with van der Waals surface area (Å²) >= 11 is 0. The Bertz CT molecular complexity index is 691. The van der Waals surface area contributed by atoms with Crippen molar-refractivity contribution in [2.24, 2.45) is 5.92 Å². The number of anilines is 1. The van der Waals surface area contributed by atoms with Gasteiger partial charge in [0.05, 0.1) is 0 Å². The van der Waals surface area contributed by atoms with E-state index in [2.05, 4.69) is 17.0 Å². The van der Waals surface area contributed by atoms with Gasteiger partial charge in [0.25, 0.3) is 5.91 Å². The van der Waals surface area contributed by atoms with Gasteiger partial charge in [-0.15, -0.1) is 0 Å². The Balaban J connectivity index is 1.29. The van der Waals surface area contributed by atoms with E-state index in [0.29, 0.717) is 18.2 Å². The fourth-order valence-electron chi connectivity index (χ4n) is 5.09. The molecule has 0 unspecified atom stereocenters. The van der Waals surface area contributed by atoms with Crippen molar-refractivity contribution in [2.45, 2.75) is 57.8 Å². The largest absolute Gasteiger partial charge is 0.372 e. The highest BCUT2D eigenvalue weighted by molar-refractivity contribution is 5.94. The maximum absolute atomic E-state index is 13.0. The third kappa shape index (κ3) is 5.12. The summed E-state index contributed by atoms with van der Waals surface area (Å²) in [6, 6.07) is 8.20. The SMILES string of the molecule is O=C(CC[C@H]1CCCN(C(=O)c2ccc(N3CCCCC3)cc2)C1)N1CCCC1. The summed E-state index contributed by atoms with van der Waals surface area (Å²) in [6.07, 6.45) is 9.86. The van der Waals surface area contributed by atoms with E-state index in [4.69, 9.17) is 0 Å². The maximum atomic E-state index is 13.0. The zero-order valence-corrected chi connectivity index (χ0v) is 17.7. The number of hydrogen-bond donors (Lipinski definition) is 0. The molecular weight excluding hydrogens is 362 g/mol. The van der Waals surface area contributed by atoms with Crippen LogP contribution >= 0.6 is 0 Å². The normalized spacial score (nSPS) is 22.8. The first kappa shape index (κ1) is 20.2. The summed E-state index contributed by atoms with van der Waals surface area (Å²) in [4.78, 5) is 31.8. The van der Waals surface area contributed by atoms with Gasteiger partial charge < -0.3 is 14.7 Å². The first-order valence-corrected chi connectivity index (χ1v) is 11.6. The van der Waals surface area contributed by atoms with Crippen molar-refractivity contribution < 1.29 is 9.59 Å². The molecule has 0 saturated carbocycles. The molecule has 0 N–H and O–H groups in total. The molecule has 0 aromatic heterocycles. The van der Waals surface area contributed by atoms with Crippen molar-refractivity contribution in [1.29, 1.82) is 0 Å². The lowest BCUT2D eigenvalue weighted by Gasteiger charge is -2.33. The molecule has 3 aliphatic heterocycles. The van der Waals surface area contributed by atoms with Crippen molar-refractivity contribution in [2.75, 3.05) is 44.2 Å². The van der Waals surface area contributed by atoms with E-state index >= 15 is 0 Å². The molecule has 5 nitrogen and oxygen atoms in total. The van der Waals surface area contributed by atoms with Gasteiger partial charge in [0, 0.05) is 56.9 Å². The Labute approximate surface area is 175 Å². The highest BCUT2D eigenvalue weighted by Gasteiger charge is 2.26. The van der Waals surface area contributed by atoms with Crippen LogP contribution in [0.2, 0.25) is 0 Å². The van der Waals surface area contributed by atoms with Crippen LogP contribution in [0, 0.1) is 5.92 Å². The standard InChI is InChI=1S/C24H35N3O2/c28-23(26-16-4-5-17-26)13-8-20-7-6-18-27(19-20)24(29)21-9-11-22(12-10-21)25-14-2-1-3-15-25/h9-12,20H,1-8,13-19H2/t20-/m1/s1. The van der Waals surface area contributed by atoms with E-state index in [1.165, 1.54) is 24.9 Å². The molecule has 3 heterocycles. The number of hydrogen-bond acceptors (Lipinski definition) is 3. The number of rotatable bonds is 5. The van der Waals surface area contributed by atoms with Gasteiger partial charge >= 0.3 is 0 Å². The van der Waals surface area contributed by atoms with E-state index in [0.717, 1.165) is 76.9 Å². The van der Waals surface area contributed by atoms with Crippen LogP contribution < -0.4 is 4.90 Å². The van der Waals surface area contributed by atoms with E-state index in [1.807, 2.05) is 21.9 Å². The second-order valence-electron chi connectivity index (χ2n) is 8.98. The predicted molar refractivity (Wildman–Crippen MR) is 116 cm³/mol. The first-order chi connectivity index (χ1) is 14.2. The van der Waals surface area contributed by atoms with Crippen LogP contribution in [0.15, 0.2) is 24.3 Å². The monoisotopic (exact) mass is 397 g/mol. The molecule has 0 aliphatic carbocycles.